The molecule has 0 saturated carbocycles. The number of carboxylic acid groups (broad SMARTS) is 1. The SMILES string of the molecule is CCC(C)(C(=O)O)n1nnnc1-c1ccccc1I. The lowest BCUT2D eigenvalue weighted by Gasteiger charge is -2.24. The zero-order valence-electron chi connectivity index (χ0n) is 10.5. The molecular formula is C12H13IN4O2. The summed E-state index contributed by atoms with van der Waals surface area (Å²) < 4.78 is 2.35. The van der Waals surface area contributed by atoms with Gasteiger partial charge in [-0.05, 0) is 52.4 Å². The van der Waals surface area contributed by atoms with E-state index >= 15 is 0 Å². The van der Waals surface area contributed by atoms with E-state index in [4.69, 9.17) is 0 Å². The molecule has 7 heteroatoms. The summed E-state index contributed by atoms with van der Waals surface area (Å²) in [6.45, 7) is 3.42. The minimum Gasteiger partial charge on any atom is -0.479 e. The van der Waals surface area contributed by atoms with Crippen molar-refractivity contribution in [1.82, 2.24) is 20.2 Å². The van der Waals surface area contributed by atoms with Crippen LogP contribution in [0.25, 0.3) is 11.4 Å². The molecule has 6 nitrogen and oxygen atoms in total. The molecule has 0 bridgehead atoms. The predicted octanol–water partition coefficient (Wildman–Crippen LogP) is 2.15. The highest BCUT2D eigenvalue weighted by molar-refractivity contribution is 14.1. The summed E-state index contributed by atoms with van der Waals surface area (Å²) in [5.74, 6) is -0.480. The Hall–Kier alpha value is -1.51. The average molecular weight is 372 g/mol. The topological polar surface area (TPSA) is 80.9 Å². The molecular weight excluding hydrogens is 359 g/mol. The monoisotopic (exact) mass is 372 g/mol. The van der Waals surface area contributed by atoms with E-state index < -0.39 is 11.5 Å². The lowest BCUT2D eigenvalue weighted by Crippen LogP contribution is -2.39. The molecule has 0 fully saturated rings. The first-order chi connectivity index (χ1) is 9.00. The lowest BCUT2D eigenvalue weighted by atomic mass is 9.99. The van der Waals surface area contributed by atoms with Crippen molar-refractivity contribution in [2.24, 2.45) is 0 Å². The van der Waals surface area contributed by atoms with E-state index in [1.54, 1.807) is 13.8 Å². The molecule has 0 amide bonds. The number of aliphatic carboxylic acids is 1. The molecule has 1 aromatic carbocycles. The van der Waals surface area contributed by atoms with E-state index in [0.717, 1.165) is 9.13 Å². The van der Waals surface area contributed by atoms with Gasteiger partial charge in [-0.3, -0.25) is 0 Å². The summed E-state index contributed by atoms with van der Waals surface area (Å²) in [5, 5.41) is 20.9. The first-order valence-electron chi connectivity index (χ1n) is 5.78. The second kappa shape index (κ2) is 5.24. The van der Waals surface area contributed by atoms with E-state index in [-0.39, 0.29) is 0 Å². The summed E-state index contributed by atoms with van der Waals surface area (Å²) in [5.41, 5.74) is -0.327. The predicted molar refractivity (Wildman–Crippen MR) is 77.5 cm³/mol. The molecule has 2 aromatic rings. The second-order valence-corrected chi connectivity index (χ2v) is 5.49. The normalized spacial score (nSPS) is 14.1. The number of carboxylic acids is 1. The fourth-order valence-electron chi connectivity index (χ4n) is 1.72. The highest BCUT2D eigenvalue weighted by atomic mass is 127. The molecule has 0 spiro atoms. The number of carbonyl (C=O) groups is 1. The maximum Gasteiger partial charge on any atom is 0.331 e. The number of tetrazole rings is 1. The van der Waals surface area contributed by atoms with Gasteiger partial charge in [-0.15, -0.1) is 5.10 Å². The van der Waals surface area contributed by atoms with Crippen LogP contribution >= 0.6 is 22.6 Å². The molecule has 0 radical (unpaired) electrons. The number of halogens is 1. The van der Waals surface area contributed by atoms with Crippen LogP contribution in [0, 0.1) is 3.57 Å². The first-order valence-corrected chi connectivity index (χ1v) is 6.85. The van der Waals surface area contributed by atoms with Gasteiger partial charge in [-0.2, -0.15) is 0 Å². The van der Waals surface area contributed by atoms with Crippen LogP contribution in [0.3, 0.4) is 0 Å². The highest BCUT2D eigenvalue weighted by Gasteiger charge is 2.37. The van der Waals surface area contributed by atoms with Gasteiger partial charge in [0.15, 0.2) is 11.4 Å². The number of benzene rings is 1. The van der Waals surface area contributed by atoms with Crippen molar-refractivity contribution in [3.05, 3.63) is 27.8 Å². The average Bonchev–Trinajstić information content (AvgIpc) is 2.87. The van der Waals surface area contributed by atoms with Gasteiger partial charge >= 0.3 is 5.97 Å². The molecule has 0 aliphatic carbocycles. The maximum atomic E-state index is 11.5. The highest BCUT2D eigenvalue weighted by Crippen LogP contribution is 2.28. The Bertz CT molecular complexity index is 613. The Morgan fingerprint density at radius 1 is 1.47 bits per heavy atom. The Morgan fingerprint density at radius 3 is 2.74 bits per heavy atom. The van der Waals surface area contributed by atoms with Gasteiger partial charge in [-0.1, -0.05) is 25.1 Å². The standard InChI is InChI=1S/C12H13IN4O2/c1-3-12(2,11(18)19)17-10(14-15-16-17)8-6-4-5-7-9(8)13/h4-7H,3H2,1-2H3,(H,18,19). The van der Waals surface area contributed by atoms with Crippen molar-refractivity contribution in [2.75, 3.05) is 0 Å². The fourth-order valence-corrected chi connectivity index (χ4v) is 2.35. The van der Waals surface area contributed by atoms with Gasteiger partial charge in [0, 0.05) is 9.13 Å². The van der Waals surface area contributed by atoms with E-state index in [1.165, 1.54) is 4.68 Å². The van der Waals surface area contributed by atoms with Crippen LogP contribution in [0.2, 0.25) is 0 Å². The third kappa shape index (κ3) is 2.34. The number of rotatable bonds is 4. The molecule has 1 unspecified atom stereocenters. The van der Waals surface area contributed by atoms with Gasteiger partial charge in [0.25, 0.3) is 0 Å². The Labute approximate surface area is 124 Å². The van der Waals surface area contributed by atoms with Crippen LogP contribution < -0.4 is 0 Å². The molecule has 1 heterocycles. The summed E-state index contributed by atoms with van der Waals surface area (Å²) in [6.07, 6.45) is 0.393. The zero-order chi connectivity index (χ0) is 14.0. The molecule has 0 saturated heterocycles. The number of nitrogens with zero attached hydrogens (tertiary/aromatic N) is 4. The van der Waals surface area contributed by atoms with E-state index in [1.807, 2.05) is 24.3 Å². The van der Waals surface area contributed by atoms with E-state index in [0.29, 0.717) is 12.2 Å². The van der Waals surface area contributed by atoms with Crippen molar-refractivity contribution in [1.29, 1.82) is 0 Å². The van der Waals surface area contributed by atoms with Crippen molar-refractivity contribution in [3.63, 3.8) is 0 Å². The minimum atomic E-state index is -1.16. The number of hydrogen-bond donors (Lipinski definition) is 1. The van der Waals surface area contributed by atoms with Crippen molar-refractivity contribution in [2.45, 2.75) is 25.8 Å². The number of aromatic nitrogens is 4. The summed E-state index contributed by atoms with van der Waals surface area (Å²) in [6, 6.07) is 7.59. The molecule has 1 N–H and O–H groups in total. The van der Waals surface area contributed by atoms with E-state index in [9.17, 15) is 9.90 Å². The van der Waals surface area contributed by atoms with Gasteiger partial charge in [0.05, 0.1) is 0 Å². The molecule has 0 aliphatic rings. The van der Waals surface area contributed by atoms with Crippen LogP contribution in [-0.4, -0.2) is 31.3 Å². The molecule has 0 aliphatic heterocycles. The molecule has 1 atom stereocenters. The number of hydrogen-bond acceptors (Lipinski definition) is 4. The van der Waals surface area contributed by atoms with Crippen molar-refractivity contribution < 1.29 is 9.90 Å². The van der Waals surface area contributed by atoms with Crippen molar-refractivity contribution in [3.8, 4) is 11.4 Å². The Morgan fingerprint density at radius 2 is 2.16 bits per heavy atom. The second-order valence-electron chi connectivity index (χ2n) is 4.33. The minimum absolute atomic E-state index is 0.393. The van der Waals surface area contributed by atoms with Gasteiger partial charge in [0.1, 0.15) is 0 Å². The Balaban J connectivity index is 2.61. The third-order valence-electron chi connectivity index (χ3n) is 3.20. The van der Waals surface area contributed by atoms with Gasteiger partial charge < -0.3 is 5.11 Å². The molecule has 1 aromatic heterocycles. The van der Waals surface area contributed by atoms with Crippen molar-refractivity contribution >= 4 is 28.6 Å². The lowest BCUT2D eigenvalue weighted by molar-refractivity contribution is -0.147. The maximum absolute atomic E-state index is 11.5. The largest absolute Gasteiger partial charge is 0.479 e. The van der Waals surface area contributed by atoms with Gasteiger partial charge in [0.2, 0.25) is 0 Å². The van der Waals surface area contributed by atoms with Crippen LogP contribution in [-0.2, 0) is 10.3 Å². The smallest absolute Gasteiger partial charge is 0.331 e. The molecule has 2 rings (SSSR count). The van der Waals surface area contributed by atoms with Crippen LogP contribution in [0.1, 0.15) is 20.3 Å². The zero-order valence-corrected chi connectivity index (χ0v) is 12.7. The van der Waals surface area contributed by atoms with E-state index in [2.05, 4.69) is 38.1 Å². The fraction of sp³-hybridized carbons (Fsp3) is 0.333. The molecule has 100 valence electrons. The third-order valence-corrected chi connectivity index (χ3v) is 4.14. The molecule has 19 heavy (non-hydrogen) atoms. The quantitative estimate of drug-likeness (QED) is 0.832. The Kier molecular flexibility index (Phi) is 3.83. The van der Waals surface area contributed by atoms with Crippen LogP contribution in [0.15, 0.2) is 24.3 Å². The first kappa shape index (κ1) is 13.9. The van der Waals surface area contributed by atoms with Crippen LogP contribution in [0.5, 0.6) is 0 Å². The summed E-state index contributed by atoms with van der Waals surface area (Å²) in [7, 11) is 0. The van der Waals surface area contributed by atoms with Crippen LogP contribution in [0.4, 0.5) is 0 Å². The summed E-state index contributed by atoms with van der Waals surface area (Å²) >= 11 is 2.18. The van der Waals surface area contributed by atoms with Gasteiger partial charge in [-0.25, -0.2) is 9.48 Å². The summed E-state index contributed by atoms with van der Waals surface area (Å²) in [4.78, 5) is 11.5.